The molecule has 5 nitrogen and oxygen atoms in total. The van der Waals surface area contributed by atoms with Crippen molar-refractivity contribution in [1.82, 2.24) is 15.2 Å². The highest BCUT2D eigenvalue weighted by atomic mass is 19.1. The van der Waals surface area contributed by atoms with Crippen molar-refractivity contribution in [3.8, 4) is 5.88 Å². The molecule has 0 amide bonds. The predicted octanol–water partition coefficient (Wildman–Crippen LogP) is 4.67. The van der Waals surface area contributed by atoms with Gasteiger partial charge in [-0.1, -0.05) is 30.9 Å². The monoisotopic (exact) mass is 368 g/mol. The third-order valence-corrected chi connectivity index (χ3v) is 3.86. The van der Waals surface area contributed by atoms with Crippen molar-refractivity contribution in [2.24, 2.45) is 0 Å². The van der Waals surface area contributed by atoms with Crippen molar-refractivity contribution in [3.05, 3.63) is 78.2 Å². The summed E-state index contributed by atoms with van der Waals surface area (Å²) in [5.74, 6) is 1.07. The lowest BCUT2D eigenvalue weighted by Gasteiger charge is -2.14. The predicted molar refractivity (Wildman–Crippen MR) is 106 cm³/mol. The molecule has 0 saturated carbocycles. The van der Waals surface area contributed by atoms with Crippen LogP contribution in [0.4, 0.5) is 10.2 Å². The van der Waals surface area contributed by atoms with Gasteiger partial charge in [0.2, 0.25) is 5.88 Å². The molecule has 0 fully saturated rings. The van der Waals surface area contributed by atoms with E-state index in [1.165, 1.54) is 13.8 Å². The molecule has 2 heterocycles. The van der Waals surface area contributed by atoms with Crippen molar-refractivity contribution in [1.29, 1.82) is 0 Å². The first-order valence-corrected chi connectivity index (χ1v) is 8.69. The fraction of sp³-hybridized carbons (Fsp3) is 0.286. The van der Waals surface area contributed by atoms with Gasteiger partial charge in [0.15, 0.2) is 0 Å². The van der Waals surface area contributed by atoms with E-state index in [9.17, 15) is 4.39 Å². The number of rotatable bonds is 9. The number of alkyl halides is 1. The van der Waals surface area contributed by atoms with E-state index < -0.39 is 5.67 Å². The Kier molecular flexibility index (Phi) is 7.23. The summed E-state index contributed by atoms with van der Waals surface area (Å²) in [6.45, 7) is 9.51. The van der Waals surface area contributed by atoms with E-state index in [0.29, 0.717) is 30.4 Å². The van der Waals surface area contributed by atoms with Crippen LogP contribution in [0.1, 0.15) is 26.3 Å². The first-order chi connectivity index (χ1) is 12.9. The molecule has 0 saturated heterocycles. The van der Waals surface area contributed by atoms with Gasteiger partial charge in [-0.2, -0.15) is 0 Å². The number of hydrogen-bond acceptors (Lipinski definition) is 5. The smallest absolute Gasteiger partial charge is 0.233 e. The summed E-state index contributed by atoms with van der Waals surface area (Å²) in [6, 6.07) is 7.42. The molecule has 6 heteroatoms. The molecule has 2 aromatic rings. The third kappa shape index (κ3) is 7.01. The first-order valence-electron chi connectivity index (χ1n) is 8.69. The van der Waals surface area contributed by atoms with Gasteiger partial charge in [-0.25, -0.2) is 4.39 Å². The van der Waals surface area contributed by atoms with E-state index in [1.807, 2.05) is 25.1 Å². The number of pyridine rings is 1. The van der Waals surface area contributed by atoms with Gasteiger partial charge >= 0.3 is 0 Å². The number of nitrogens with zero attached hydrogens (tertiary/aromatic N) is 3. The summed E-state index contributed by atoms with van der Waals surface area (Å²) in [5.41, 5.74) is 0.911. The first kappa shape index (κ1) is 20.3. The van der Waals surface area contributed by atoms with Crippen LogP contribution in [0.5, 0.6) is 5.88 Å². The fourth-order valence-electron chi connectivity index (χ4n) is 1.98. The Morgan fingerprint density at radius 3 is 2.67 bits per heavy atom. The minimum atomic E-state index is -1.44. The fourth-order valence-corrected chi connectivity index (χ4v) is 1.98. The lowest BCUT2D eigenvalue weighted by molar-refractivity contribution is 0.275. The molecule has 0 unspecified atom stereocenters. The van der Waals surface area contributed by atoms with Gasteiger partial charge < -0.3 is 10.1 Å². The summed E-state index contributed by atoms with van der Waals surface area (Å²) in [5, 5.41) is 11.3. The second-order valence-electron chi connectivity index (χ2n) is 6.45. The van der Waals surface area contributed by atoms with Crippen LogP contribution in [0.3, 0.4) is 0 Å². The molecule has 0 atom stereocenters. The summed E-state index contributed by atoms with van der Waals surface area (Å²) in [7, 11) is 0. The number of hydrogen-bond donors (Lipinski definition) is 1. The SMILES string of the molecule is C=C(/C=C\C(=C/C)COc1ccc(NCc2cccnc2)nn1)C(C)(C)F. The lowest BCUT2D eigenvalue weighted by Crippen LogP contribution is -2.13. The Hall–Kier alpha value is -3.02. The molecule has 27 heavy (non-hydrogen) atoms. The summed E-state index contributed by atoms with van der Waals surface area (Å²) in [4.78, 5) is 4.07. The topological polar surface area (TPSA) is 59.9 Å². The highest BCUT2D eigenvalue weighted by molar-refractivity contribution is 5.35. The zero-order valence-corrected chi connectivity index (χ0v) is 15.9. The molecule has 0 spiro atoms. The van der Waals surface area contributed by atoms with Crippen molar-refractivity contribution in [2.45, 2.75) is 33.0 Å². The highest BCUT2D eigenvalue weighted by Gasteiger charge is 2.17. The van der Waals surface area contributed by atoms with Crippen LogP contribution in [0.15, 0.2) is 72.6 Å². The number of nitrogens with one attached hydrogen (secondary N) is 1. The average Bonchev–Trinajstić information content (AvgIpc) is 2.67. The van der Waals surface area contributed by atoms with Gasteiger partial charge in [-0.05, 0) is 49.6 Å². The molecule has 0 aliphatic carbocycles. The molecule has 142 valence electrons. The normalized spacial score (nSPS) is 12.2. The van der Waals surface area contributed by atoms with E-state index in [0.717, 1.165) is 11.1 Å². The number of aromatic nitrogens is 3. The van der Waals surface area contributed by atoms with Crippen LogP contribution in [-0.4, -0.2) is 27.5 Å². The molecule has 1 N–H and O–H groups in total. The molecule has 0 aliphatic rings. The van der Waals surface area contributed by atoms with Gasteiger partial charge in [0.05, 0.1) is 0 Å². The van der Waals surface area contributed by atoms with Crippen molar-refractivity contribution >= 4 is 5.82 Å². The van der Waals surface area contributed by atoms with E-state index >= 15 is 0 Å². The van der Waals surface area contributed by atoms with Crippen molar-refractivity contribution in [3.63, 3.8) is 0 Å². The Bertz CT molecular complexity index is 793. The molecule has 0 aromatic carbocycles. The number of ether oxygens (including phenoxy) is 1. The molecule has 0 aliphatic heterocycles. The van der Waals surface area contributed by atoms with Crippen molar-refractivity contribution in [2.75, 3.05) is 11.9 Å². The minimum Gasteiger partial charge on any atom is -0.472 e. The van der Waals surface area contributed by atoms with Gasteiger partial charge in [-0.3, -0.25) is 4.98 Å². The van der Waals surface area contributed by atoms with E-state index in [-0.39, 0.29) is 0 Å². The van der Waals surface area contributed by atoms with Gasteiger partial charge in [0, 0.05) is 25.0 Å². The third-order valence-electron chi connectivity index (χ3n) is 3.86. The zero-order valence-electron chi connectivity index (χ0n) is 15.9. The second kappa shape index (κ2) is 9.62. The van der Waals surface area contributed by atoms with Crippen LogP contribution in [-0.2, 0) is 6.54 Å². The van der Waals surface area contributed by atoms with E-state index in [2.05, 4.69) is 27.1 Å². The van der Waals surface area contributed by atoms with Crippen LogP contribution in [0.25, 0.3) is 0 Å². The Labute approximate surface area is 159 Å². The summed E-state index contributed by atoms with van der Waals surface area (Å²) in [6.07, 6.45) is 8.88. The minimum absolute atomic E-state index is 0.310. The van der Waals surface area contributed by atoms with E-state index in [1.54, 1.807) is 36.7 Å². The van der Waals surface area contributed by atoms with Crippen molar-refractivity contribution < 1.29 is 9.13 Å². The van der Waals surface area contributed by atoms with Gasteiger partial charge in [0.1, 0.15) is 18.1 Å². The standard InChI is InChI=1S/C21H25FN4O/c1-5-17(9-8-16(2)21(3,4)22)15-27-20-11-10-19(25-26-20)24-14-18-7-6-12-23-13-18/h5-13H,2,14-15H2,1,3-4H3,(H,24,25)/b9-8-,17-5+. The summed E-state index contributed by atoms with van der Waals surface area (Å²) >= 11 is 0. The van der Waals surface area contributed by atoms with Crippen LogP contribution in [0, 0.1) is 0 Å². The van der Waals surface area contributed by atoms with Crippen LogP contribution in [0.2, 0.25) is 0 Å². The number of anilines is 1. The van der Waals surface area contributed by atoms with Crippen LogP contribution < -0.4 is 10.1 Å². The molecule has 0 bridgehead atoms. The number of allylic oxidation sites excluding steroid dienone is 3. The zero-order chi connectivity index (χ0) is 19.7. The molecular formula is C21H25FN4O. The van der Waals surface area contributed by atoms with Gasteiger partial charge in [0.25, 0.3) is 0 Å². The molecule has 0 radical (unpaired) electrons. The molecule has 2 aromatic heterocycles. The van der Waals surface area contributed by atoms with E-state index in [4.69, 9.17) is 4.74 Å². The average molecular weight is 368 g/mol. The Balaban J connectivity index is 1.85. The Morgan fingerprint density at radius 1 is 1.26 bits per heavy atom. The lowest BCUT2D eigenvalue weighted by atomic mass is 10.0. The maximum absolute atomic E-state index is 13.8. The molecule has 2 rings (SSSR count). The van der Waals surface area contributed by atoms with Gasteiger partial charge in [-0.15, -0.1) is 10.2 Å². The quantitative estimate of drug-likeness (QED) is 0.652. The molecular weight excluding hydrogens is 343 g/mol. The maximum Gasteiger partial charge on any atom is 0.233 e. The highest BCUT2D eigenvalue weighted by Crippen LogP contribution is 2.20. The number of halogens is 1. The second-order valence-corrected chi connectivity index (χ2v) is 6.45. The maximum atomic E-state index is 13.8. The Morgan fingerprint density at radius 2 is 2.07 bits per heavy atom. The van der Waals surface area contributed by atoms with Crippen LogP contribution >= 0.6 is 0 Å². The summed E-state index contributed by atoms with van der Waals surface area (Å²) < 4.78 is 19.4. The largest absolute Gasteiger partial charge is 0.472 e.